The first-order valence-electron chi connectivity index (χ1n) is 3.51. The molecule has 0 saturated carbocycles. The zero-order valence-corrected chi connectivity index (χ0v) is 9.04. The molecule has 1 aromatic rings. The first-order valence-corrected chi connectivity index (χ1v) is 4.59. The van der Waals surface area contributed by atoms with Gasteiger partial charge in [-0.1, -0.05) is 0 Å². The average Bonchev–Trinajstić information content (AvgIpc) is 2.11. The Morgan fingerprint density at radius 3 is 3.00 bits per heavy atom. The molecule has 0 atom stereocenters. The van der Waals surface area contributed by atoms with E-state index in [2.05, 4.69) is 9.72 Å². The second kappa shape index (κ2) is 4.50. The molecule has 0 aliphatic heterocycles. The fraction of sp³-hybridized carbons (Fsp3) is 0.250. The quantitative estimate of drug-likeness (QED) is 0.472. The molecule has 0 amide bonds. The minimum atomic E-state index is -0.584. The van der Waals surface area contributed by atoms with Gasteiger partial charge in [0.2, 0.25) is 5.95 Å². The summed E-state index contributed by atoms with van der Waals surface area (Å²) in [6.07, 6.45) is 0.00648. The molecule has 13 heavy (non-hydrogen) atoms. The van der Waals surface area contributed by atoms with Crippen LogP contribution in [0.1, 0.15) is 5.69 Å². The molecule has 0 spiro atoms. The molecular weight excluding hydrogens is 288 g/mol. The summed E-state index contributed by atoms with van der Waals surface area (Å²) in [7, 11) is 1.29. The van der Waals surface area contributed by atoms with E-state index in [0.29, 0.717) is 5.69 Å². The number of aromatic nitrogens is 1. The Balaban J connectivity index is 2.87. The van der Waals surface area contributed by atoms with E-state index in [4.69, 9.17) is 0 Å². The third-order valence-electron chi connectivity index (χ3n) is 1.42. The van der Waals surface area contributed by atoms with E-state index >= 15 is 0 Å². The summed E-state index contributed by atoms with van der Waals surface area (Å²) >= 11 is 1.99. The number of hydrogen-bond acceptors (Lipinski definition) is 3. The van der Waals surface area contributed by atoms with Crippen molar-refractivity contribution in [3.05, 3.63) is 27.3 Å². The Hall–Kier alpha value is -0.720. The van der Waals surface area contributed by atoms with Gasteiger partial charge in [0.25, 0.3) is 0 Å². The van der Waals surface area contributed by atoms with Crippen LogP contribution >= 0.6 is 22.6 Å². The maximum absolute atomic E-state index is 12.6. The molecule has 1 heterocycles. The van der Waals surface area contributed by atoms with Crippen molar-refractivity contribution < 1.29 is 13.9 Å². The summed E-state index contributed by atoms with van der Waals surface area (Å²) in [5, 5.41) is 0. The van der Waals surface area contributed by atoms with Crippen molar-refractivity contribution in [3.8, 4) is 0 Å². The van der Waals surface area contributed by atoms with E-state index in [-0.39, 0.29) is 6.42 Å². The number of ether oxygens (including phenoxy) is 1. The van der Waals surface area contributed by atoms with Crippen molar-refractivity contribution in [2.24, 2.45) is 0 Å². The van der Waals surface area contributed by atoms with E-state index in [1.165, 1.54) is 13.2 Å². The standard InChI is InChI=1S/C8H7FINO2/c1-13-8(12)4-6-5(10)2-3-7(9)11-6/h2-3H,4H2,1H3. The van der Waals surface area contributed by atoms with Gasteiger partial charge in [-0.2, -0.15) is 4.39 Å². The second-order valence-corrected chi connectivity index (χ2v) is 3.48. The summed E-state index contributed by atoms with van der Waals surface area (Å²) in [4.78, 5) is 14.4. The average molecular weight is 295 g/mol. The molecule has 1 aromatic heterocycles. The second-order valence-electron chi connectivity index (χ2n) is 2.32. The summed E-state index contributed by atoms with van der Waals surface area (Å²) in [6.45, 7) is 0. The number of carbonyl (C=O) groups is 1. The van der Waals surface area contributed by atoms with Crippen LogP contribution in [-0.2, 0) is 16.0 Å². The van der Waals surface area contributed by atoms with Gasteiger partial charge < -0.3 is 4.74 Å². The van der Waals surface area contributed by atoms with Crippen molar-refractivity contribution in [2.45, 2.75) is 6.42 Å². The number of carbonyl (C=O) groups excluding carboxylic acids is 1. The molecule has 70 valence electrons. The number of hydrogen-bond donors (Lipinski definition) is 0. The minimum absolute atomic E-state index is 0.00648. The first-order chi connectivity index (χ1) is 6.13. The van der Waals surface area contributed by atoms with Crippen LogP contribution in [-0.4, -0.2) is 18.1 Å². The Morgan fingerprint density at radius 2 is 2.38 bits per heavy atom. The number of methoxy groups -OCH3 is 1. The van der Waals surface area contributed by atoms with Crippen LogP contribution in [0.5, 0.6) is 0 Å². The van der Waals surface area contributed by atoms with E-state index in [1.807, 2.05) is 22.6 Å². The van der Waals surface area contributed by atoms with Crippen LogP contribution in [0.2, 0.25) is 0 Å². The van der Waals surface area contributed by atoms with E-state index < -0.39 is 11.9 Å². The highest BCUT2D eigenvalue weighted by molar-refractivity contribution is 14.1. The summed E-state index contributed by atoms with van der Waals surface area (Å²) in [6, 6.07) is 2.82. The molecule has 1 rings (SSSR count). The fourth-order valence-electron chi connectivity index (χ4n) is 0.791. The normalized spacial score (nSPS) is 9.77. The lowest BCUT2D eigenvalue weighted by atomic mass is 10.3. The van der Waals surface area contributed by atoms with Crippen molar-refractivity contribution in [1.29, 1.82) is 0 Å². The maximum atomic E-state index is 12.6. The smallest absolute Gasteiger partial charge is 0.311 e. The van der Waals surface area contributed by atoms with Crippen LogP contribution in [0.4, 0.5) is 4.39 Å². The van der Waals surface area contributed by atoms with Crippen molar-refractivity contribution in [1.82, 2.24) is 4.98 Å². The lowest BCUT2D eigenvalue weighted by Crippen LogP contribution is -2.08. The van der Waals surface area contributed by atoms with Gasteiger partial charge in [-0.3, -0.25) is 4.79 Å². The van der Waals surface area contributed by atoms with Crippen LogP contribution < -0.4 is 0 Å². The van der Waals surface area contributed by atoms with Gasteiger partial charge in [-0.25, -0.2) is 4.98 Å². The van der Waals surface area contributed by atoms with E-state index in [1.54, 1.807) is 6.07 Å². The Morgan fingerprint density at radius 1 is 1.69 bits per heavy atom. The highest BCUT2D eigenvalue weighted by Gasteiger charge is 2.08. The number of halogens is 2. The molecule has 3 nitrogen and oxygen atoms in total. The topological polar surface area (TPSA) is 39.2 Å². The molecule has 0 aromatic carbocycles. The van der Waals surface area contributed by atoms with Gasteiger partial charge in [-0.05, 0) is 34.7 Å². The molecule has 5 heteroatoms. The van der Waals surface area contributed by atoms with E-state index in [0.717, 1.165) is 3.57 Å². The first kappa shape index (κ1) is 10.4. The van der Waals surface area contributed by atoms with Crippen LogP contribution in [0, 0.1) is 9.52 Å². The molecule has 0 aliphatic carbocycles. The molecule has 0 saturated heterocycles. The zero-order chi connectivity index (χ0) is 9.84. The molecule has 0 fully saturated rings. The number of nitrogens with zero attached hydrogens (tertiary/aromatic N) is 1. The highest BCUT2D eigenvalue weighted by Crippen LogP contribution is 2.11. The summed E-state index contributed by atoms with van der Waals surface area (Å²) < 4.78 is 17.8. The summed E-state index contributed by atoms with van der Waals surface area (Å²) in [5.74, 6) is -1.00. The molecule has 0 aliphatic rings. The van der Waals surface area contributed by atoms with Crippen molar-refractivity contribution in [2.75, 3.05) is 7.11 Å². The molecule has 0 radical (unpaired) electrons. The van der Waals surface area contributed by atoms with E-state index in [9.17, 15) is 9.18 Å². The fourth-order valence-corrected chi connectivity index (χ4v) is 1.28. The van der Waals surface area contributed by atoms with Gasteiger partial charge in [0.1, 0.15) is 0 Å². The Bertz CT molecular complexity index is 330. The predicted octanol–water partition coefficient (Wildman–Crippen LogP) is 1.54. The van der Waals surface area contributed by atoms with Gasteiger partial charge in [0.05, 0.1) is 19.2 Å². The van der Waals surface area contributed by atoms with Gasteiger partial charge in [0, 0.05) is 3.57 Å². The maximum Gasteiger partial charge on any atom is 0.311 e. The Kier molecular flexibility index (Phi) is 3.58. The molecule has 0 unspecified atom stereocenters. The van der Waals surface area contributed by atoms with Crippen molar-refractivity contribution in [3.63, 3.8) is 0 Å². The van der Waals surface area contributed by atoms with Crippen LogP contribution in [0.3, 0.4) is 0 Å². The summed E-state index contributed by atoms with van der Waals surface area (Å²) in [5.41, 5.74) is 0.410. The van der Waals surface area contributed by atoms with Crippen LogP contribution in [0.25, 0.3) is 0 Å². The number of pyridine rings is 1. The molecule has 0 N–H and O–H groups in total. The molecule has 0 bridgehead atoms. The van der Waals surface area contributed by atoms with Gasteiger partial charge in [-0.15, -0.1) is 0 Å². The monoisotopic (exact) mass is 295 g/mol. The largest absolute Gasteiger partial charge is 0.469 e. The highest BCUT2D eigenvalue weighted by atomic mass is 127. The third kappa shape index (κ3) is 2.91. The third-order valence-corrected chi connectivity index (χ3v) is 2.41. The lowest BCUT2D eigenvalue weighted by molar-refractivity contribution is -0.139. The lowest BCUT2D eigenvalue weighted by Gasteiger charge is -2.01. The van der Waals surface area contributed by atoms with Crippen molar-refractivity contribution >= 4 is 28.6 Å². The number of rotatable bonds is 2. The SMILES string of the molecule is COC(=O)Cc1nc(F)ccc1I. The molecular formula is C8H7FINO2. The minimum Gasteiger partial charge on any atom is -0.469 e. The number of esters is 1. The van der Waals surface area contributed by atoms with Gasteiger partial charge >= 0.3 is 5.97 Å². The van der Waals surface area contributed by atoms with Gasteiger partial charge in [0.15, 0.2) is 0 Å². The Labute approximate surface area is 88.4 Å². The van der Waals surface area contributed by atoms with Crippen LogP contribution in [0.15, 0.2) is 12.1 Å². The zero-order valence-electron chi connectivity index (χ0n) is 6.88. The predicted molar refractivity (Wildman–Crippen MR) is 52.6 cm³/mol.